The first kappa shape index (κ1) is 20.1. The van der Waals surface area contributed by atoms with Crippen molar-refractivity contribution in [1.29, 1.82) is 0 Å². The Kier molecular flexibility index (Phi) is 6.14. The zero-order chi connectivity index (χ0) is 19.5. The highest BCUT2D eigenvalue weighted by molar-refractivity contribution is 5.88. The molecule has 2 amide bonds. The summed E-state index contributed by atoms with van der Waals surface area (Å²) in [5.74, 6) is -5.82. The molecular formula is C16H16F6N2O2. The molecule has 0 aromatic heterocycles. The molecule has 1 aromatic carbocycles. The molecule has 26 heavy (non-hydrogen) atoms. The number of benzene rings is 1. The van der Waals surface area contributed by atoms with Gasteiger partial charge in [0.2, 0.25) is 11.9 Å². The van der Waals surface area contributed by atoms with Crippen molar-refractivity contribution in [2.45, 2.75) is 37.9 Å². The van der Waals surface area contributed by atoms with Crippen LogP contribution >= 0.6 is 0 Å². The minimum Gasteiger partial charge on any atom is -0.354 e. The summed E-state index contributed by atoms with van der Waals surface area (Å²) in [5, 5.41) is 2.11. The van der Waals surface area contributed by atoms with Gasteiger partial charge in [0.25, 0.3) is 5.91 Å². The number of carbonyl (C=O) groups excluding carboxylic acids is 2. The lowest BCUT2D eigenvalue weighted by molar-refractivity contribution is -0.192. The van der Waals surface area contributed by atoms with E-state index in [0.29, 0.717) is 17.0 Å². The van der Waals surface area contributed by atoms with Gasteiger partial charge in [-0.1, -0.05) is 0 Å². The zero-order valence-corrected chi connectivity index (χ0v) is 13.5. The number of carbonyl (C=O) groups is 2. The molecule has 0 spiro atoms. The molecule has 1 fully saturated rings. The SMILES string of the molecule is O=C1NCCCN(C(=O)CCCc2cc(F)c(F)cc2F)[C@H]1C(F)(F)F. The van der Waals surface area contributed by atoms with E-state index in [-0.39, 0.29) is 37.9 Å². The summed E-state index contributed by atoms with van der Waals surface area (Å²) >= 11 is 0. The summed E-state index contributed by atoms with van der Waals surface area (Å²) in [5.41, 5.74) is -0.183. The highest BCUT2D eigenvalue weighted by Crippen LogP contribution is 2.27. The van der Waals surface area contributed by atoms with E-state index in [0.717, 1.165) is 0 Å². The summed E-state index contributed by atoms with van der Waals surface area (Å²) in [4.78, 5) is 24.3. The summed E-state index contributed by atoms with van der Waals surface area (Å²) in [7, 11) is 0. The van der Waals surface area contributed by atoms with Gasteiger partial charge in [-0.3, -0.25) is 9.59 Å². The van der Waals surface area contributed by atoms with Gasteiger partial charge in [0.15, 0.2) is 11.6 Å². The van der Waals surface area contributed by atoms with Crippen LogP contribution in [-0.2, 0) is 16.0 Å². The van der Waals surface area contributed by atoms with Gasteiger partial charge >= 0.3 is 6.18 Å². The van der Waals surface area contributed by atoms with Crippen molar-refractivity contribution in [3.63, 3.8) is 0 Å². The van der Waals surface area contributed by atoms with Gasteiger partial charge in [-0.25, -0.2) is 13.2 Å². The third kappa shape index (κ3) is 4.67. The Morgan fingerprint density at radius 2 is 1.81 bits per heavy atom. The standard InChI is InChI=1S/C16H16F6N2O2/c17-10-8-12(19)11(18)7-9(10)3-1-4-13(25)24-6-2-5-23-15(26)14(24)16(20,21)22/h7-8,14H,1-6H2,(H,23,26)/t14-/m1/s1. The molecule has 1 saturated heterocycles. The van der Waals surface area contributed by atoms with E-state index in [2.05, 4.69) is 5.32 Å². The lowest BCUT2D eigenvalue weighted by atomic mass is 10.1. The fraction of sp³-hybridized carbons (Fsp3) is 0.500. The Morgan fingerprint density at radius 3 is 2.46 bits per heavy atom. The Morgan fingerprint density at radius 1 is 1.15 bits per heavy atom. The maximum absolute atomic E-state index is 13.5. The van der Waals surface area contributed by atoms with E-state index in [1.54, 1.807) is 0 Å². The van der Waals surface area contributed by atoms with E-state index in [4.69, 9.17) is 0 Å². The zero-order valence-electron chi connectivity index (χ0n) is 13.5. The van der Waals surface area contributed by atoms with Gasteiger partial charge in [0.05, 0.1) is 0 Å². The fourth-order valence-electron chi connectivity index (χ4n) is 2.75. The van der Waals surface area contributed by atoms with E-state index in [1.165, 1.54) is 0 Å². The molecule has 1 N–H and O–H groups in total. The highest BCUT2D eigenvalue weighted by Gasteiger charge is 2.50. The number of nitrogens with one attached hydrogen (secondary N) is 1. The molecule has 1 aliphatic heterocycles. The number of hydrogen-bond donors (Lipinski definition) is 1. The normalized spacial score (nSPS) is 18.5. The summed E-state index contributed by atoms with van der Waals surface area (Å²) in [6.45, 7) is -0.226. The van der Waals surface area contributed by atoms with Crippen LogP contribution in [0, 0.1) is 17.5 Å². The second kappa shape index (κ2) is 7.96. The molecule has 1 aliphatic rings. The first-order chi connectivity index (χ1) is 12.1. The van der Waals surface area contributed by atoms with E-state index in [9.17, 15) is 35.9 Å². The monoisotopic (exact) mass is 382 g/mol. The van der Waals surface area contributed by atoms with Crippen LogP contribution < -0.4 is 5.32 Å². The number of rotatable bonds is 4. The number of aryl methyl sites for hydroxylation is 1. The van der Waals surface area contributed by atoms with Crippen molar-refractivity contribution in [3.8, 4) is 0 Å². The Labute approximate surface area is 145 Å². The van der Waals surface area contributed by atoms with Crippen molar-refractivity contribution in [1.82, 2.24) is 10.2 Å². The molecule has 4 nitrogen and oxygen atoms in total. The number of amides is 2. The second-order valence-corrected chi connectivity index (χ2v) is 5.89. The van der Waals surface area contributed by atoms with Crippen LogP contribution in [0.1, 0.15) is 24.8 Å². The minimum absolute atomic E-state index is 0.0231. The quantitative estimate of drug-likeness (QED) is 0.643. The predicted molar refractivity (Wildman–Crippen MR) is 78.4 cm³/mol. The molecule has 144 valence electrons. The van der Waals surface area contributed by atoms with Crippen molar-refractivity contribution >= 4 is 11.8 Å². The van der Waals surface area contributed by atoms with E-state index in [1.807, 2.05) is 0 Å². The molecule has 1 aromatic rings. The molecule has 10 heteroatoms. The van der Waals surface area contributed by atoms with Crippen molar-refractivity contribution in [3.05, 3.63) is 35.1 Å². The van der Waals surface area contributed by atoms with Crippen LogP contribution in [0.15, 0.2) is 12.1 Å². The van der Waals surface area contributed by atoms with Gasteiger partial charge < -0.3 is 10.2 Å². The smallest absolute Gasteiger partial charge is 0.354 e. The molecule has 0 radical (unpaired) electrons. The topological polar surface area (TPSA) is 49.4 Å². The number of halogens is 6. The van der Waals surface area contributed by atoms with Crippen LogP contribution in [-0.4, -0.2) is 42.0 Å². The van der Waals surface area contributed by atoms with Gasteiger partial charge in [0, 0.05) is 25.6 Å². The summed E-state index contributed by atoms with van der Waals surface area (Å²) in [6, 6.07) is -1.56. The Hall–Kier alpha value is -2.26. The largest absolute Gasteiger partial charge is 0.417 e. The third-order valence-corrected chi connectivity index (χ3v) is 3.99. The molecule has 0 bridgehead atoms. The molecule has 0 saturated carbocycles. The molecule has 0 unspecified atom stereocenters. The first-order valence-corrected chi connectivity index (χ1v) is 7.88. The Balaban J connectivity index is 2.03. The molecule has 0 aliphatic carbocycles. The van der Waals surface area contributed by atoms with Crippen LogP contribution in [0.2, 0.25) is 0 Å². The van der Waals surface area contributed by atoms with Gasteiger partial charge in [-0.2, -0.15) is 13.2 Å². The van der Waals surface area contributed by atoms with Crippen LogP contribution in [0.5, 0.6) is 0 Å². The summed E-state index contributed by atoms with van der Waals surface area (Å²) in [6.07, 6.45) is -5.38. The van der Waals surface area contributed by atoms with Crippen molar-refractivity contribution < 1.29 is 35.9 Å². The van der Waals surface area contributed by atoms with Crippen LogP contribution in [0.25, 0.3) is 0 Å². The number of hydrogen-bond acceptors (Lipinski definition) is 2. The minimum atomic E-state index is -4.92. The second-order valence-electron chi connectivity index (χ2n) is 5.89. The summed E-state index contributed by atoms with van der Waals surface area (Å²) < 4.78 is 78.9. The van der Waals surface area contributed by atoms with Crippen LogP contribution in [0.4, 0.5) is 26.3 Å². The maximum Gasteiger partial charge on any atom is 0.417 e. The number of nitrogens with zero attached hydrogens (tertiary/aromatic N) is 1. The average molecular weight is 382 g/mol. The highest BCUT2D eigenvalue weighted by atomic mass is 19.4. The lowest BCUT2D eigenvalue weighted by Gasteiger charge is -2.30. The Bertz CT molecular complexity index is 692. The van der Waals surface area contributed by atoms with E-state index < -0.39 is 47.9 Å². The fourth-order valence-corrected chi connectivity index (χ4v) is 2.75. The van der Waals surface area contributed by atoms with E-state index >= 15 is 0 Å². The third-order valence-electron chi connectivity index (χ3n) is 3.99. The maximum atomic E-state index is 13.5. The molecular weight excluding hydrogens is 366 g/mol. The average Bonchev–Trinajstić information content (AvgIpc) is 2.73. The molecule has 2 rings (SSSR count). The first-order valence-electron chi connectivity index (χ1n) is 7.88. The van der Waals surface area contributed by atoms with Crippen molar-refractivity contribution in [2.24, 2.45) is 0 Å². The molecule has 1 heterocycles. The van der Waals surface area contributed by atoms with Crippen LogP contribution in [0.3, 0.4) is 0 Å². The van der Waals surface area contributed by atoms with Gasteiger partial charge in [0.1, 0.15) is 5.82 Å². The van der Waals surface area contributed by atoms with Gasteiger partial charge in [-0.15, -0.1) is 0 Å². The predicted octanol–water partition coefficient (Wildman–Crippen LogP) is 2.71. The molecule has 1 atom stereocenters. The lowest BCUT2D eigenvalue weighted by Crippen LogP contribution is -2.55. The van der Waals surface area contributed by atoms with Crippen molar-refractivity contribution in [2.75, 3.05) is 13.1 Å². The number of alkyl halides is 3. The van der Waals surface area contributed by atoms with Gasteiger partial charge in [-0.05, 0) is 30.9 Å².